The van der Waals surface area contributed by atoms with Gasteiger partial charge in [-0.3, -0.25) is 0 Å². The first-order valence-corrected chi connectivity index (χ1v) is 13.6. The maximum atomic E-state index is 11.6. The second-order valence-electron chi connectivity index (χ2n) is 9.98. The molecule has 0 aliphatic heterocycles. The molecule has 0 fully saturated rings. The SMILES string of the molecule is Cc1cccc2c(OCOc3ccccc3)cc(-c3cc(OCOc4ccccc4)c4cccc(C)c4c3O)c(O)c12. The largest absolute Gasteiger partial charge is 0.507 e. The lowest BCUT2D eigenvalue weighted by Crippen LogP contribution is -2.07. The van der Waals surface area contributed by atoms with Crippen LogP contribution < -0.4 is 18.9 Å². The molecule has 0 aliphatic rings. The van der Waals surface area contributed by atoms with Crippen LogP contribution in [0.1, 0.15) is 11.1 Å². The van der Waals surface area contributed by atoms with Crippen LogP contribution in [0.2, 0.25) is 0 Å². The molecule has 0 saturated carbocycles. The molecule has 6 aromatic carbocycles. The number of aryl methyl sites for hydroxylation is 2. The molecule has 6 aromatic rings. The van der Waals surface area contributed by atoms with Crippen LogP contribution in [0.15, 0.2) is 109 Å². The zero-order chi connectivity index (χ0) is 29.1. The smallest absolute Gasteiger partial charge is 0.230 e. The number of rotatable bonds is 9. The molecule has 42 heavy (non-hydrogen) atoms. The summed E-state index contributed by atoms with van der Waals surface area (Å²) in [6.07, 6.45) is 0. The average molecular weight is 559 g/mol. The summed E-state index contributed by atoms with van der Waals surface area (Å²) in [5, 5.41) is 26.0. The standard InChI is InChI=1S/C36H30O6/c1-23-11-9-17-27-31(41-21-39-25-13-5-3-6-14-25)19-29(35(37)33(23)27)30-20-32(42-22-40-26-15-7-4-8-16-26)28-18-10-12-24(2)34(28)36(30)38/h3-20,37-38H,21-22H2,1-2H3. The lowest BCUT2D eigenvalue weighted by atomic mass is 9.92. The van der Waals surface area contributed by atoms with Gasteiger partial charge in [0.2, 0.25) is 13.6 Å². The molecule has 6 rings (SSSR count). The molecule has 0 spiro atoms. The van der Waals surface area contributed by atoms with Gasteiger partial charge in [-0.15, -0.1) is 0 Å². The van der Waals surface area contributed by atoms with E-state index in [1.54, 1.807) is 12.1 Å². The van der Waals surface area contributed by atoms with E-state index in [2.05, 4.69) is 0 Å². The van der Waals surface area contributed by atoms with Crippen molar-refractivity contribution >= 4 is 21.5 Å². The zero-order valence-corrected chi connectivity index (χ0v) is 23.3. The molecular formula is C36H30O6. The number of benzene rings is 6. The highest BCUT2D eigenvalue weighted by Gasteiger charge is 2.22. The summed E-state index contributed by atoms with van der Waals surface area (Å²) in [6, 6.07) is 33.7. The van der Waals surface area contributed by atoms with E-state index in [1.807, 2.05) is 111 Å². The quantitative estimate of drug-likeness (QED) is 0.173. The minimum atomic E-state index is -0.0364. The van der Waals surface area contributed by atoms with Crippen LogP contribution in [0.5, 0.6) is 34.5 Å². The van der Waals surface area contributed by atoms with Crippen molar-refractivity contribution < 1.29 is 29.2 Å². The number of aromatic hydroxyl groups is 2. The molecule has 0 aliphatic carbocycles. The van der Waals surface area contributed by atoms with Crippen molar-refractivity contribution in [3.63, 3.8) is 0 Å². The molecule has 0 bridgehead atoms. The van der Waals surface area contributed by atoms with Crippen molar-refractivity contribution in [3.05, 3.63) is 120 Å². The Morgan fingerprint density at radius 1 is 0.476 bits per heavy atom. The highest BCUT2D eigenvalue weighted by atomic mass is 16.7. The Morgan fingerprint density at radius 2 is 0.881 bits per heavy atom. The summed E-state index contributed by atoms with van der Waals surface area (Å²) >= 11 is 0. The van der Waals surface area contributed by atoms with E-state index < -0.39 is 0 Å². The van der Waals surface area contributed by atoms with Crippen LogP contribution in [-0.2, 0) is 0 Å². The number of phenolic OH excluding ortho intramolecular Hbond substituents is 2. The van der Waals surface area contributed by atoms with E-state index in [4.69, 9.17) is 18.9 Å². The summed E-state index contributed by atoms with van der Waals surface area (Å²) in [5.74, 6) is 2.45. The number of phenols is 2. The first-order chi connectivity index (χ1) is 20.5. The molecule has 0 heterocycles. The molecule has 0 amide bonds. The van der Waals surface area contributed by atoms with E-state index in [9.17, 15) is 10.2 Å². The fraction of sp³-hybridized carbons (Fsp3) is 0.111. The van der Waals surface area contributed by atoms with E-state index in [0.29, 0.717) is 44.9 Å². The van der Waals surface area contributed by atoms with Crippen molar-refractivity contribution in [2.45, 2.75) is 13.8 Å². The highest BCUT2D eigenvalue weighted by Crippen LogP contribution is 2.49. The summed E-state index contributed by atoms with van der Waals surface area (Å²) in [5.41, 5.74) is 2.54. The molecule has 0 radical (unpaired) electrons. The summed E-state index contributed by atoms with van der Waals surface area (Å²) in [7, 11) is 0. The molecule has 0 saturated heterocycles. The van der Waals surface area contributed by atoms with Gasteiger partial charge in [0.1, 0.15) is 34.5 Å². The van der Waals surface area contributed by atoms with Gasteiger partial charge in [0.25, 0.3) is 0 Å². The minimum absolute atomic E-state index is 0.0362. The summed E-state index contributed by atoms with van der Waals surface area (Å²) < 4.78 is 23.8. The van der Waals surface area contributed by atoms with Gasteiger partial charge in [0, 0.05) is 32.7 Å². The van der Waals surface area contributed by atoms with Crippen LogP contribution in [0.25, 0.3) is 32.7 Å². The molecule has 0 unspecified atom stereocenters. The monoisotopic (exact) mass is 558 g/mol. The highest BCUT2D eigenvalue weighted by molar-refractivity contribution is 6.06. The van der Waals surface area contributed by atoms with Gasteiger partial charge in [0.05, 0.1) is 0 Å². The van der Waals surface area contributed by atoms with Crippen LogP contribution in [-0.4, -0.2) is 23.8 Å². The number of hydrogen-bond donors (Lipinski definition) is 2. The minimum Gasteiger partial charge on any atom is -0.507 e. The molecule has 6 heteroatoms. The molecule has 0 atom stereocenters. The Labute approximate surface area is 243 Å². The maximum Gasteiger partial charge on any atom is 0.230 e. The van der Waals surface area contributed by atoms with Gasteiger partial charge in [-0.05, 0) is 61.4 Å². The van der Waals surface area contributed by atoms with E-state index in [1.165, 1.54) is 0 Å². The van der Waals surface area contributed by atoms with Crippen molar-refractivity contribution in [2.24, 2.45) is 0 Å². The van der Waals surface area contributed by atoms with Crippen molar-refractivity contribution in [1.82, 2.24) is 0 Å². The van der Waals surface area contributed by atoms with E-state index >= 15 is 0 Å². The van der Waals surface area contributed by atoms with Gasteiger partial charge < -0.3 is 29.2 Å². The van der Waals surface area contributed by atoms with Crippen LogP contribution in [0.4, 0.5) is 0 Å². The van der Waals surface area contributed by atoms with Gasteiger partial charge in [-0.1, -0.05) is 72.8 Å². The van der Waals surface area contributed by atoms with Crippen molar-refractivity contribution in [2.75, 3.05) is 13.6 Å². The fourth-order valence-electron chi connectivity index (χ4n) is 5.20. The molecular weight excluding hydrogens is 528 g/mol. The van der Waals surface area contributed by atoms with Crippen LogP contribution >= 0.6 is 0 Å². The Hall–Kier alpha value is -5.36. The van der Waals surface area contributed by atoms with Crippen LogP contribution in [0, 0.1) is 13.8 Å². The molecule has 210 valence electrons. The number of fused-ring (bicyclic) bond motifs is 2. The topological polar surface area (TPSA) is 77.4 Å². The zero-order valence-electron chi connectivity index (χ0n) is 23.3. The number of hydrogen-bond acceptors (Lipinski definition) is 6. The van der Waals surface area contributed by atoms with Crippen molar-refractivity contribution in [3.8, 4) is 45.6 Å². The molecule has 2 N–H and O–H groups in total. The lowest BCUT2D eigenvalue weighted by Gasteiger charge is -2.19. The van der Waals surface area contributed by atoms with Crippen LogP contribution in [0.3, 0.4) is 0 Å². The normalized spacial score (nSPS) is 11.0. The molecule has 6 nitrogen and oxygen atoms in total. The van der Waals surface area contributed by atoms with Gasteiger partial charge in [-0.25, -0.2) is 0 Å². The number of ether oxygens (including phenoxy) is 4. The van der Waals surface area contributed by atoms with Crippen molar-refractivity contribution in [1.29, 1.82) is 0 Å². The predicted molar refractivity (Wildman–Crippen MR) is 165 cm³/mol. The fourth-order valence-corrected chi connectivity index (χ4v) is 5.20. The first kappa shape index (κ1) is 26.8. The first-order valence-electron chi connectivity index (χ1n) is 13.6. The Morgan fingerprint density at radius 3 is 1.29 bits per heavy atom. The summed E-state index contributed by atoms with van der Waals surface area (Å²) in [4.78, 5) is 0. The maximum absolute atomic E-state index is 11.6. The third-order valence-electron chi connectivity index (χ3n) is 7.27. The van der Waals surface area contributed by atoms with E-state index in [-0.39, 0.29) is 25.1 Å². The second kappa shape index (κ2) is 11.6. The van der Waals surface area contributed by atoms with E-state index in [0.717, 1.165) is 21.9 Å². The Kier molecular flexibility index (Phi) is 7.43. The second-order valence-corrected chi connectivity index (χ2v) is 9.98. The van der Waals surface area contributed by atoms with Gasteiger partial charge >= 0.3 is 0 Å². The summed E-state index contributed by atoms with van der Waals surface area (Å²) in [6.45, 7) is 3.78. The third-order valence-corrected chi connectivity index (χ3v) is 7.27. The lowest BCUT2D eigenvalue weighted by molar-refractivity contribution is 0.121. The molecule has 0 aromatic heterocycles. The third kappa shape index (κ3) is 5.22. The Balaban J connectivity index is 1.45. The Bertz CT molecular complexity index is 1730. The number of para-hydroxylation sites is 2. The van der Waals surface area contributed by atoms with Gasteiger partial charge in [0.15, 0.2) is 0 Å². The van der Waals surface area contributed by atoms with Gasteiger partial charge in [-0.2, -0.15) is 0 Å². The predicted octanol–water partition coefficient (Wildman–Crippen LogP) is 8.52. The average Bonchev–Trinajstić information content (AvgIpc) is 3.00.